The van der Waals surface area contributed by atoms with Crippen LogP contribution in [0.4, 0.5) is 5.69 Å². The molecule has 0 radical (unpaired) electrons. The van der Waals surface area contributed by atoms with Crippen LogP contribution in [0.15, 0.2) is 54.7 Å². The second kappa shape index (κ2) is 54.3. The average molecular weight is 1780 g/mol. The Hall–Kier alpha value is -12.4. The second-order valence-corrected chi connectivity index (χ2v) is 32.5. The zero-order chi connectivity index (χ0) is 93.2. The van der Waals surface area contributed by atoms with Crippen molar-refractivity contribution in [2.24, 2.45) is 17.4 Å². The molecule has 15 atom stereocenters. The van der Waals surface area contributed by atoms with E-state index >= 15 is 4.79 Å². The maximum absolute atomic E-state index is 15.2. The van der Waals surface area contributed by atoms with Crippen molar-refractivity contribution in [3.05, 3.63) is 65.9 Å². The molecule has 2 heterocycles. The zero-order valence-electron chi connectivity index (χ0n) is 70.5. The van der Waals surface area contributed by atoms with Gasteiger partial charge in [0.25, 0.3) is 0 Å². The number of unbranched alkanes of at least 4 members (excludes halogenated alkanes) is 6. The van der Waals surface area contributed by atoms with Gasteiger partial charge in [0, 0.05) is 60.6 Å². The van der Waals surface area contributed by atoms with Gasteiger partial charge in [0.05, 0.1) is 64.2 Å². The number of aromatic amines is 1. The van der Waals surface area contributed by atoms with Crippen molar-refractivity contribution in [2.45, 2.75) is 235 Å². The number of aromatic nitrogens is 1. The van der Waals surface area contributed by atoms with Gasteiger partial charge in [-0.1, -0.05) is 89.6 Å². The molecule has 2 aromatic carbocycles. The molecule has 25 N–H and O–H groups in total. The minimum absolute atomic E-state index is 0.0215. The summed E-state index contributed by atoms with van der Waals surface area (Å²) >= 11 is 0. The molecule has 0 aliphatic carbocycles. The standard InChI is InChI=1S/C80H117N17O27S/c1-7-9-10-11-12-13-14-26-61(102)89-52(31-45-37-84-49-23-17-15-21-47(45)49)74(117)92-53(33-60(82)101)75(118)94-56(36-67(111)112)76(119)97-69-44(5)124-80(123)57(32-59(100)48-22-16-18-24-50(48)83-28-20-29-125(6)41-46(99)8-2)95-79(122)68(42(3)30-64(105)106)96-77(120)58(40-98)90-63(104)38-85-71(114)54(34-65(107)108)91-70(113)43(4)87-73(116)55(35-66(109)110)93-72(115)51(25-19-27-81)88-62(103)39-86-78(69)121/h15-18,21-24,37,42-44,46,51-58,68-69,84,98-99H,7-14,19-20,25-36,38-41,81H2,1-6H3,(H19-,82,83,85,86,87,88,89,90,91,92,93,94,95,96,97,100,101,102,103,104,105,106,107,108,109,110,111,112,113,114,115,116,117,118,119,120,121,122)/p+1/t42-,43-,44-,46?,51+,52+,53-,54+,55+,56+,57+,58-,68+,69+,125?/m1/s1. The number of aliphatic hydroxyl groups is 2. The van der Waals surface area contributed by atoms with Gasteiger partial charge in [0.2, 0.25) is 82.7 Å². The van der Waals surface area contributed by atoms with E-state index in [0.717, 1.165) is 52.9 Å². The third-order valence-electron chi connectivity index (χ3n) is 19.8. The van der Waals surface area contributed by atoms with Gasteiger partial charge < -0.3 is 126 Å². The van der Waals surface area contributed by atoms with Crippen LogP contribution in [-0.4, -0.2) is 283 Å². The van der Waals surface area contributed by atoms with Crippen LogP contribution in [0.1, 0.15) is 166 Å². The van der Waals surface area contributed by atoms with Gasteiger partial charge in [0.15, 0.2) is 5.78 Å². The predicted molar refractivity (Wildman–Crippen MR) is 448 cm³/mol. The first kappa shape index (κ1) is 105. The number of carbonyl (C=O) groups excluding carboxylic acids is 16. The van der Waals surface area contributed by atoms with E-state index in [4.69, 9.17) is 16.2 Å². The molecule has 0 bridgehead atoms. The Balaban J connectivity index is 1.93. The number of anilines is 1. The summed E-state index contributed by atoms with van der Waals surface area (Å²) in [6.45, 7) is 3.22. The molecule has 125 heavy (non-hydrogen) atoms. The van der Waals surface area contributed by atoms with Gasteiger partial charge in [-0.3, -0.25) is 91.1 Å². The molecule has 1 aliphatic rings. The highest BCUT2D eigenvalue weighted by atomic mass is 32.2. The lowest BCUT2D eigenvalue weighted by atomic mass is 9.95. The number of ketones is 1. The van der Waals surface area contributed by atoms with Crippen LogP contribution in [0.25, 0.3) is 10.9 Å². The lowest BCUT2D eigenvalue weighted by molar-refractivity contribution is -0.156. The monoisotopic (exact) mass is 1780 g/mol. The average Bonchev–Trinajstić information content (AvgIpc) is 1.77. The van der Waals surface area contributed by atoms with E-state index in [1.165, 1.54) is 18.2 Å². The molecule has 4 rings (SSSR count). The fraction of sp³-hybridized carbons (Fsp3) is 0.575. The van der Waals surface area contributed by atoms with E-state index in [-0.39, 0.29) is 54.5 Å². The number of H-pyrrole nitrogens is 1. The highest BCUT2D eigenvalue weighted by molar-refractivity contribution is 7.96. The SMILES string of the molecule is CCCCCCCCCC(=O)N[C@@H](Cc1c[nH]c2ccccc12)C(=O)N[C@H](CC(N)=O)C(=O)N[C@@H](CC(=O)O)C(=O)N[C@@H]1C(=O)NCC(=O)N[C@@H](CCCN)C(=O)N[C@@H](CC(=O)O)C(=O)N[C@H](C)C(=O)N[C@@H](CC(=O)O)C(=O)NCC(=O)N[C@H](CO)C(=O)N[C@@H]([C@H](C)CC(=O)O)C(=O)N[C@@H](CC(=O)c2ccccc2NCCC[S+](C)CC(O)CC)C(=O)O[C@@H]1C. The number of rotatable bonds is 43. The van der Waals surface area contributed by atoms with Crippen molar-refractivity contribution in [3.63, 3.8) is 0 Å². The highest BCUT2D eigenvalue weighted by Gasteiger charge is 2.41. The number of fused-ring (bicyclic) bond motifs is 1. The molecule has 44 nitrogen and oxygen atoms in total. The molecule has 2 unspecified atom stereocenters. The van der Waals surface area contributed by atoms with Crippen LogP contribution in [0.2, 0.25) is 0 Å². The Bertz CT molecular complexity index is 4280. The number of para-hydroxylation sites is 2. The Kier molecular flexibility index (Phi) is 45.6. The number of esters is 1. The molecule has 45 heteroatoms. The number of amides is 14. The van der Waals surface area contributed by atoms with Crippen LogP contribution in [0.3, 0.4) is 0 Å². The summed E-state index contributed by atoms with van der Waals surface area (Å²) in [5.41, 5.74) is 12.6. The quantitative estimate of drug-likeness (QED) is 0.0110. The number of Topliss-reactive ketones (excluding diaryl/α,β-unsaturated/α-hetero) is 1. The summed E-state index contributed by atoms with van der Waals surface area (Å²) in [5.74, 6) is -28.5. The number of aliphatic carboxylic acids is 4. The molecule has 1 fully saturated rings. The Labute approximate surface area is 722 Å². The summed E-state index contributed by atoms with van der Waals surface area (Å²) < 4.78 is 5.82. The number of carboxylic acids is 4. The molecule has 1 saturated heterocycles. The molecule has 0 spiro atoms. The maximum Gasteiger partial charge on any atom is 0.329 e. The van der Waals surface area contributed by atoms with Gasteiger partial charge in [-0.15, -0.1) is 0 Å². The molecule has 1 aromatic heterocycles. The number of carbonyl (C=O) groups is 20. The van der Waals surface area contributed by atoms with Crippen molar-refractivity contribution >= 4 is 146 Å². The number of aliphatic hydroxyl groups excluding tert-OH is 2. The fourth-order valence-electron chi connectivity index (χ4n) is 12.9. The van der Waals surface area contributed by atoms with Crippen molar-refractivity contribution in [1.82, 2.24) is 74.1 Å². The smallest absolute Gasteiger partial charge is 0.329 e. The summed E-state index contributed by atoms with van der Waals surface area (Å²) in [5, 5.41) is 93.0. The Morgan fingerprint density at radius 2 is 1.14 bits per heavy atom. The molecule has 3 aromatic rings. The first-order chi connectivity index (χ1) is 59.2. The van der Waals surface area contributed by atoms with E-state index in [9.17, 15) is 122 Å². The number of primary amides is 1. The molecule has 0 saturated carbocycles. The number of ether oxygens (including phenoxy) is 1. The van der Waals surface area contributed by atoms with Gasteiger partial charge in [-0.25, -0.2) is 4.79 Å². The minimum Gasteiger partial charge on any atom is -0.481 e. The first-order valence-corrected chi connectivity index (χ1v) is 42.9. The topological polar surface area (TPSA) is 708 Å². The van der Waals surface area contributed by atoms with Crippen molar-refractivity contribution in [1.29, 1.82) is 0 Å². The summed E-state index contributed by atoms with van der Waals surface area (Å²) in [6.07, 6.45) is 0.108. The number of benzene rings is 2. The molecular weight excluding hydrogens is 1660 g/mol. The Morgan fingerprint density at radius 1 is 0.576 bits per heavy atom. The highest BCUT2D eigenvalue weighted by Crippen LogP contribution is 2.23. The minimum atomic E-state index is -2.46. The van der Waals surface area contributed by atoms with Crippen LogP contribution >= 0.6 is 0 Å². The summed E-state index contributed by atoms with van der Waals surface area (Å²) in [4.78, 5) is 280. The van der Waals surface area contributed by atoms with E-state index < -0.39 is 268 Å². The predicted octanol–water partition coefficient (Wildman–Crippen LogP) is -4.38. The van der Waals surface area contributed by atoms with Crippen LogP contribution < -0.4 is 85.9 Å². The number of nitrogens with two attached hydrogens (primary N) is 2. The lowest BCUT2D eigenvalue weighted by Crippen LogP contribution is -2.62. The largest absolute Gasteiger partial charge is 0.481 e. The number of cyclic esters (lactones) is 1. The van der Waals surface area contributed by atoms with E-state index in [2.05, 4.69) is 70.4 Å². The number of carboxylic acid groups (broad SMARTS) is 4. The van der Waals surface area contributed by atoms with Crippen LogP contribution in [0.5, 0.6) is 0 Å². The maximum atomic E-state index is 15.2. The third-order valence-corrected chi connectivity index (χ3v) is 21.7. The molecule has 1 aliphatic heterocycles. The third kappa shape index (κ3) is 37.7. The zero-order valence-corrected chi connectivity index (χ0v) is 71.3. The Morgan fingerprint density at radius 3 is 1.75 bits per heavy atom. The van der Waals surface area contributed by atoms with Crippen molar-refractivity contribution in [3.8, 4) is 0 Å². The van der Waals surface area contributed by atoms with Crippen LogP contribution in [-0.2, 0) is 113 Å². The van der Waals surface area contributed by atoms with E-state index in [1.54, 1.807) is 36.5 Å². The molecular formula is C80H118N17O27S+. The fourth-order valence-corrected chi connectivity index (χ4v) is 14.6. The summed E-state index contributed by atoms with van der Waals surface area (Å²) in [6, 6.07) is -10.0. The summed E-state index contributed by atoms with van der Waals surface area (Å²) in [7, 11) is -0.235. The van der Waals surface area contributed by atoms with Crippen molar-refractivity contribution < 1.29 is 131 Å². The number of hydrogen-bond acceptors (Lipinski definition) is 25. The van der Waals surface area contributed by atoms with E-state index in [0.29, 0.717) is 53.7 Å². The molecule has 14 amide bonds. The van der Waals surface area contributed by atoms with Gasteiger partial charge >= 0.3 is 29.8 Å². The number of nitrogens with one attached hydrogen (secondary N) is 15. The van der Waals surface area contributed by atoms with Gasteiger partial charge in [0.1, 0.15) is 84.1 Å². The number of hydrogen-bond donors (Lipinski definition) is 23. The van der Waals surface area contributed by atoms with Gasteiger partial charge in [-0.05, 0) is 86.7 Å². The van der Waals surface area contributed by atoms with E-state index in [1.807, 2.05) is 29.1 Å². The van der Waals surface area contributed by atoms with Crippen LogP contribution in [0, 0.1) is 5.92 Å². The van der Waals surface area contributed by atoms with Crippen molar-refractivity contribution in [2.75, 3.05) is 55.9 Å². The molecule has 690 valence electrons. The van der Waals surface area contributed by atoms with Gasteiger partial charge in [-0.2, -0.15) is 0 Å². The lowest BCUT2D eigenvalue weighted by Gasteiger charge is -2.30. The second-order valence-electron chi connectivity index (χ2n) is 30.2. The normalized spacial score (nSPS) is 21.0. The first-order valence-electron chi connectivity index (χ1n) is 40.9.